The fraction of sp³-hybridized carbons (Fsp3) is 0.478. The standard InChI is InChI=1S/C23H29N5O6/c1-5-8-12-28-19-18(20(29)26-23(28)32)27(11-6-2)17(25-19)13-34-22(31)16-10-9-15(14(4)24-16)21(30)33-7-3/h9-10H,5-8,11-13H2,1-4H3,(H,26,29,32). The van der Waals surface area contributed by atoms with Crippen LogP contribution >= 0.6 is 0 Å². The molecule has 0 aliphatic rings. The van der Waals surface area contributed by atoms with Gasteiger partial charge in [0.25, 0.3) is 5.56 Å². The van der Waals surface area contributed by atoms with Crippen molar-refractivity contribution < 1.29 is 19.1 Å². The van der Waals surface area contributed by atoms with Gasteiger partial charge in [-0.15, -0.1) is 0 Å². The Kier molecular flexibility index (Phi) is 7.98. The van der Waals surface area contributed by atoms with Crippen molar-refractivity contribution in [3.8, 4) is 0 Å². The summed E-state index contributed by atoms with van der Waals surface area (Å²) in [5.41, 5.74) is 0.146. The topological polar surface area (TPSA) is 138 Å². The third-order valence-corrected chi connectivity index (χ3v) is 5.27. The van der Waals surface area contributed by atoms with Gasteiger partial charge in [-0.05, 0) is 38.8 Å². The van der Waals surface area contributed by atoms with Crippen molar-refractivity contribution in [3.63, 3.8) is 0 Å². The minimum atomic E-state index is -0.703. The van der Waals surface area contributed by atoms with Gasteiger partial charge >= 0.3 is 17.6 Å². The first-order chi connectivity index (χ1) is 16.3. The number of hydrogen-bond acceptors (Lipinski definition) is 8. The van der Waals surface area contributed by atoms with Crippen molar-refractivity contribution in [1.82, 2.24) is 24.1 Å². The maximum atomic E-state index is 12.6. The highest BCUT2D eigenvalue weighted by molar-refractivity contribution is 5.92. The lowest BCUT2D eigenvalue weighted by atomic mass is 10.2. The van der Waals surface area contributed by atoms with Crippen molar-refractivity contribution in [2.24, 2.45) is 0 Å². The van der Waals surface area contributed by atoms with E-state index < -0.39 is 23.2 Å². The average Bonchev–Trinajstić information content (AvgIpc) is 3.16. The molecule has 0 amide bonds. The maximum Gasteiger partial charge on any atom is 0.357 e. The summed E-state index contributed by atoms with van der Waals surface area (Å²) in [6, 6.07) is 2.86. The number of nitrogens with zero attached hydrogens (tertiary/aromatic N) is 4. The predicted molar refractivity (Wildman–Crippen MR) is 124 cm³/mol. The lowest BCUT2D eigenvalue weighted by Crippen LogP contribution is -2.31. The largest absolute Gasteiger partial charge is 0.462 e. The summed E-state index contributed by atoms with van der Waals surface area (Å²) in [4.78, 5) is 60.5. The van der Waals surface area contributed by atoms with Crippen LogP contribution in [-0.2, 0) is 29.2 Å². The molecule has 3 aromatic heterocycles. The molecule has 182 valence electrons. The molecule has 0 aliphatic carbocycles. The number of aryl methyl sites for hydroxylation is 3. The number of H-pyrrole nitrogens is 1. The summed E-state index contributed by atoms with van der Waals surface area (Å²) in [7, 11) is 0. The summed E-state index contributed by atoms with van der Waals surface area (Å²) in [6.45, 7) is 8.15. The van der Waals surface area contributed by atoms with E-state index >= 15 is 0 Å². The van der Waals surface area contributed by atoms with Crippen LogP contribution in [0, 0.1) is 6.92 Å². The highest BCUT2D eigenvalue weighted by atomic mass is 16.5. The van der Waals surface area contributed by atoms with E-state index in [2.05, 4.69) is 15.0 Å². The number of nitrogens with one attached hydrogen (secondary N) is 1. The first-order valence-electron chi connectivity index (χ1n) is 11.4. The molecule has 34 heavy (non-hydrogen) atoms. The zero-order valence-electron chi connectivity index (χ0n) is 19.8. The van der Waals surface area contributed by atoms with Gasteiger partial charge in [0.2, 0.25) is 0 Å². The van der Waals surface area contributed by atoms with E-state index in [0.717, 1.165) is 12.8 Å². The van der Waals surface area contributed by atoms with Gasteiger partial charge in [0.1, 0.15) is 18.1 Å². The van der Waals surface area contributed by atoms with E-state index in [0.29, 0.717) is 31.0 Å². The third kappa shape index (κ3) is 5.08. The molecule has 1 N–H and O–H groups in total. The molecule has 0 aromatic carbocycles. The zero-order valence-corrected chi connectivity index (χ0v) is 19.8. The number of carbonyl (C=O) groups is 2. The van der Waals surface area contributed by atoms with Crippen LogP contribution in [0.4, 0.5) is 0 Å². The Labute approximate surface area is 195 Å². The lowest BCUT2D eigenvalue weighted by molar-refractivity contribution is 0.0447. The van der Waals surface area contributed by atoms with Crippen LogP contribution in [0.15, 0.2) is 21.7 Å². The summed E-state index contributed by atoms with van der Waals surface area (Å²) < 4.78 is 13.5. The maximum absolute atomic E-state index is 12.6. The minimum Gasteiger partial charge on any atom is -0.462 e. The predicted octanol–water partition coefficient (Wildman–Crippen LogP) is 2.33. The SMILES string of the molecule is CCCCn1c(=O)[nH]c(=O)c2c1nc(COC(=O)c1ccc(C(=O)OCC)c(C)n1)n2CCC. The first-order valence-corrected chi connectivity index (χ1v) is 11.4. The monoisotopic (exact) mass is 471 g/mol. The van der Waals surface area contributed by atoms with Crippen molar-refractivity contribution in [2.45, 2.75) is 66.7 Å². The number of esters is 2. The molecule has 3 aromatic rings. The second-order valence-electron chi connectivity index (χ2n) is 7.74. The Morgan fingerprint density at radius 2 is 1.74 bits per heavy atom. The smallest absolute Gasteiger partial charge is 0.357 e. The number of unbranched alkanes of at least 4 members (excludes halogenated alkanes) is 1. The zero-order chi connectivity index (χ0) is 24.8. The summed E-state index contributed by atoms with van der Waals surface area (Å²) in [5.74, 6) is -0.864. The third-order valence-electron chi connectivity index (χ3n) is 5.27. The molecule has 3 heterocycles. The average molecular weight is 472 g/mol. The Morgan fingerprint density at radius 1 is 0.971 bits per heavy atom. The van der Waals surface area contributed by atoms with Gasteiger partial charge in [0.15, 0.2) is 11.2 Å². The molecule has 3 rings (SSSR count). The number of hydrogen-bond donors (Lipinski definition) is 1. The van der Waals surface area contributed by atoms with Crippen LogP contribution in [0.5, 0.6) is 0 Å². The number of aromatic amines is 1. The molecule has 0 fully saturated rings. The number of aromatic nitrogens is 5. The fourth-order valence-electron chi connectivity index (χ4n) is 3.62. The van der Waals surface area contributed by atoms with Crippen LogP contribution in [-0.4, -0.2) is 42.6 Å². The van der Waals surface area contributed by atoms with Gasteiger partial charge in [-0.3, -0.25) is 14.3 Å². The Bertz CT molecular complexity index is 1320. The summed E-state index contributed by atoms with van der Waals surface area (Å²) in [5, 5.41) is 0. The van der Waals surface area contributed by atoms with Gasteiger partial charge in [0, 0.05) is 13.1 Å². The molecule has 11 heteroatoms. The minimum absolute atomic E-state index is 0.0291. The van der Waals surface area contributed by atoms with E-state index in [1.807, 2.05) is 13.8 Å². The highest BCUT2D eigenvalue weighted by Gasteiger charge is 2.20. The molecule has 11 nitrogen and oxygen atoms in total. The van der Waals surface area contributed by atoms with Crippen LogP contribution in [0.2, 0.25) is 0 Å². The van der Waals surface area contributed by atoms with Gasteiger partial charge < -0.3 is 14.0 Å². The van der Waals surface area contributed by atoms with Crippen molar-refractivity contribution in [2.75, 3.05) is 6.61 Å². The highest BCUT2D eigenvalue weighted by Crippen LogP contribution is 2.15. The molecule has 0 spiro atoms. The van der Waals surface area contributed by atoms with E-state index in [4.69, 9.17) is 9.47 Å². The molecule has 0 bridgehead atoms. The quantitative estimate of drug-likeness (QED) is 0.445. The molecule has 0 aliphatic heterocycles. The number of pyridine rings is 1. The molecule has 0 unspecified atom stereocenters. The van der Waals surface area contributed by atoms with E-state index in [1.54, 1.807) is 18.4 Å². The number of imidazole rings is 1. The van der Waals surface area contributed by atoms with E-state index in [-0.39, 0.29) is 35.6 Å². The van der Waals surface area contributed by atoms with Crippen LogP contribution in [0.3, 0.4) is 0 Å². The van der Waals surface area contributed by atoms with Crippen LogP contribution in [0.25, 0.3) is 11.2 Å². The summed E-state index contributed by atoms with van der Waals surface area (Å²) >= 11 is 0. The molecule has 0 atom stereocenters. The van der Waals surface area contributed by atoms with Crippen molar-refractivity contribution in [1.29, 1.82) is 0 Å². The fourth-order valence-corrected chi connectivity index (χ4v) is 3.62. The Balaban J connectivity index is 1.90. The molecule has 0 saturated carbocycles. The van der Waals surface area contributed by atoms with Gasteiger partial charge in [-0.1, -0.05) is 20.3 Å². The Hall–Kier alpha value is -3.76. The normalized spacial score (nSPS) is 11.1. The summed E-state index contributed by atoms with van der Waals surface area (Å²) in [6.07, 6.45) is 2.32. The van der Waals surface area contributed by atoms with Gasteiger partial charge in [-0.25, -0.2) is 24.4 Å². The Morgan fingerprint density at radius 3 is 2.38 bits per heavy atom. The second-order valence-corrected chi connectivity index (χ2v) is 7.74. The second kappa shape index (κ2) is 10.9. The molecule has 0 radical (unpaired) electrons. The van der Waals surface area contributed by atoms with Crippen molar-refractivity contribution >= 4 is 23.1 Å². The number of carbonyl (C=O) groups excluding carboxylic acids is 2. The lowest BCUT2D eigenvalue weighted by Gasteiger charge is -2.09. The number of rotatable bonds is 10. The van der Waals surface area contributed by atoms with Crippen LogP contribution in [0.1, 0.15) is 72.4 Å². The molecule has 0 saturated heterocycles. The van der Waals surface area contributed by atoms with Crippen LogP contribution < -0.4 is 11.2 Å². The van der Waals surface area contributed by atoms with E-state index in [9.17, 15) is 19.2 Å². The van der Waals surface area contributed by atoms with Gasteiger partial charge in [-0.2, -0.15) is 0 Å². The first kappa shape index (κ1) is 24.9. The molecular formula is C23H29N5O6. The molecular weight excluding hydrogens is 442 g/mol. The van der Waals surface area contributed by atoms with Crippen molar-refractivity contribution in [3.05, 3.63) is 55.7 Å². The van der Waals surface area contributed by atoms with E-state index in [1.165, 1.54) is 16.7 Å². The van der Waals surface area contributed by atoms with Gasteiger partial charge in [0.05, 0.1) is 17.9 Å². The number of fused-ring (bicyclic) bond motifs is 1. The number of ether oxygens (including phenoxy) is 2.